The van der Waals surface area contributed by atoms with Gasteiger partial charge in [-0.2, -0.15) is 13.5 Å². The van der Waals surface area contributed by atoms with Crippen LogP contribution in [0.1, 0.15) is 6.42 Å². The molecule has 2 amide bonds. The molecule has 13 heteroatoms. The van der Waals surface area contributed by atoms with Crippen molar-refractivity contribution in [3.8, 4) is 0 Å². The van der Waals surface area contributed by atoms with E-state index in [9.17, 15) is 13.2 Å². The normalized spacial score (nSPS) is 27.0. The lowest BCUT2D eigenvalue weighted by atomic mass is 9.99. The summed E-state index contributed by atoms with van der Waals surface area (Å²) >= 11 is 0. The average Bonchev–Trinajstić information content (AvgIpc) is 2.66. The summed E-state index contributed by atoms with van der Waals surface area (Å²) in [6, 6.07) is -2.06. The zero-order valence-electron chi connectivity index (χ0n) is 10.9. The first-order valence-electron chi connectivity index (χ1n) is 5.75. The highest BCUT2D eigenvalue weighted by molar-refractivity contribution is 7.80. The van der Waals surface area contributed by atoms with Gasteiger partial charge in [-0.3, -0.25) is 4.55 Å². The third kappa shape index (κ3) is 3.16. The number of carbonyl (C=O) groups excluding carboxylic acids is 1. The minimum absolute atomic E-state index is 0.00257. The molecule has 0 spiro atoms. The number of hydrogen-bond acceptors (Lipinski definition) is 7. The Hall–Kier alpha value is -2.08. The number of azide groups is 1. The van der Waals surface area contributed by atoms with Gasteiger partial charge in [0.2, 0.25) is 0 Å². The highest BCUT2D eigenvalue weighted by atomic mass is 32.3. The van der Waals surface area contributed by atoms with Crippen molar-refractivity contribution in [2.24, 2.45) is 10.3 Å². The molecule has 2 heterocycles. The van der Waals surface area contributed by atoms with Crippen LogP contribution in [0.5, 0.6) is 0 Å². The van der Waals surface area contributed by atoms with E-state index in [1.165, 1.54) is 12.0 Å². The first-order valence-corrected chi connectivity index (χ1v) is 7.11. The number of urea groups is 1. The van der Waals surface area contributed by atoms with Crippen LogP contribution in [0.15, 0.2) is 10.3 Å². The molecule has 2 aliphatic heterocycles. The molecule has 0 aromatic heterocycles. The first kappa shape index (κ1) is 15.3. The predicted octanol–water partition coefficient (Wildman–Crippen LogP) is -0.0880. The SMILES string of the molecule is CON=C1C[C@@H](CN=[N+]=[N-])N2C[C@@H]1N(OS(=O)(=O)O)C2=O. The van der Waals surface area contributed by atoms with Crippen LogP contribution in [0.25, 0.3) is 10.4 Å². The third-order valence-electron chi connectivity index (χ3n) is 3.10. The quantitative estimate of drug-likeness (QED) is 0.245. The van der Waals surface area contributed by atoms with Crippen molar-refractivity contribution >= 4 is 22.1 Å². The Bertz CT molecular complexity index is 613. The Kier molecular flexibility index (Phi) is 4.18. The Morgan fingerprint density at radius 2 is 2.29 bits per heavy atom. The van der Waals surface area contributed by atoms with Crippen LogP contribution in [0, 0.1) is 0 Å². The molecule has 2 atom stereocenters. The van der Waals surface area contributed by atoms with Crippen LogP contribution in [-0.4, -0.2) is 67.0 Å². The van der Waals surface area contributed by atoms with E-state index < -0.39 is 28.5 Å². The second kappa shape index (κ2) is 5.73. The minimum Gasteiger partial charge on any atom is -0.399 e. The van der Waals surface area contributed by atoms with Gasteiger partial charge >= 0.3 is 16.4 Å². The van der Waals surface area contributed by atoms with Gasteiger partial charge in [-0.1, -0.05) is 10.3 Å². The Morgan fingerprint density at radius 3 is 2.86 bits per heavy atom. The summed E-state index contributed by atoms with van der Waals surface area (Å²) in [5, 5.41) is 7.66. The molecule has 0 radical (unpaired) electrons. The minimum atomic E-state index is -4.85. The Balaban J connectivity index is 2.31. The highest BCUT2D eigenvalue weighted by Gasteiger charge is 2.50. The van der Waals surface area contributed by atoms with Gasteiger partial charge < -0.3 is 9.74 Å². The van der Waals surface area contributed by atoms with Crippen LogP contribution >= 0.6 is 0 Å². The van der Waals surface area contributed by atoms with Gasteiger partial charge in [0.05, 0.1) is 12.3 Å². The second-order valence-corrected chi connectivity index (χ2v) is 5.32. The fourth-order valence-electron chi connectivity index (χ4n) is 2.33. The number of rotatable bonds is 5. The molecule has 2 aliphatic rings. The van der Waals surface area contributed by atoms with Crippen molar-refractivity contribution in [3.05, 3.63) is 10.4 Å². The average molecular weight is 320 g/mol. The molecule has 2 bridgehead atoms. The maximum Gasteiger partial charge on any atom is 0.418 e. The molecule has 0 aromatic rings. The number of fused-ring (bicyclic) bond motifs is 2. The van der Waals surface area contributed by atoms with Crippen molar-refractivity contribution in [2.75, 3.05) is 20.2 Å². The lowest BCUT2D eigenvalue weighted by Crippen LogP contribution is -2.46. The molecule has 1 N–H and O–H groups in total. The van der Waals surface area contributed by atoms with Crippen LogP contribution in [-0.2, 0) is 19.5 Å². The molecule has 12 nitrogen and oxygen atoms in total. The molecular weight excluding hydrogens is 308 g/mol. The third-order valence-corrected chi connectivity index (χ3v) is 3.44. The number of piperidine rings is 1. The van der Waals surface area contributed by atoms with Gasteiger partial charge in [-0.15, -0.1) is 4.28 Å². The van der Waals surface area contributed by atoms with Crippen molar-refractivity contribution < 1.29 is 26.9 Å². The summed E-state index contributed by atoms with van der Waals surface area (Å²) in [4.78, 5) is 20.7. The molecule has 0 aromatic carbocycles. The van der Waals surface area contributed by atoms with Gasteiger partial charge in [0.25, 0.3) is 0 Å². The predicted molar refractivity (Wildman–Crippen MR) is 67.2 cm³/mol. The highest BCUT2D eigenvalue weighted by Crippen LogP contribution is 2.29. The molecule has 0 unspecified atom stereocenters. The fraction of sp³-hybridized carbons (Fsp3) is 0.750. The number of hydroxylamine groups is 2. The van der Waals surface area contributed by atoms with Gasteiger partial charge in [0.15, 0.2) is 0 Å². The van der Waals surface area contributed by atoms with E-state index in [0.29, 0.717) is 10.8 Å². The van der Waals surface area contributed by atoms with E-state index in [1.54, 1.807) is 0 Å². The van der Waals surface area contributed by atoms with Gasteiger partial charge in [-0.05, 0) is 5.53 Å². The summed E-state index contributed by atoms with van der Waals surface area (Å²) in [7, 11) is -3.55. The van der Waals surface area contributed by atoms with Crippen LogP contribution in [0.4, 0.5) is 4.79 Å². The molecule has 116 valence electrons. The first-order chi connectivity index (χ1) is 9.87. The maximum atomic E-state index is 12.1. The van der Waals surface area contributed by atoms with Gasteiger partial charge in [-0.25, -0.2) is 4.79 Å². The number of oxime groups is 1. The zero-order valence-corrected chi connectivity index (χ0v) is 11.7. The van der Waals surface area contributed by atoms with Crippen LogP contribution in [0.2, 0.25) is 0 Å². The van der Waals surface area contributed by atoms with E-state index in [4.69, 9.17) is 10.1 Å². The number of hydrogen-bond donors (Lipinski definition) is 1. The van der Waals surface area contributed by atoms with Crippen LogP contribution < -0.4 is 0 Å². The fourth-order valence-corrected chi connectivity index (χ4v) is 2.70. The van der Waals surface area contributed by atoms with E-state index in [0.717, 1.165) is 0 Å². The van der Waals surface area contributed by atoms with E-state index in [1.807, 2.05) is 0 Å². The van der Waals surface area contributed by atoms with Crippen molar-refractivity contribution in [1.82, 2.24) is 9.96 Å². The topological polar surface area (TPSA) is 157 Å². The Labute approximate surface area is 119 Å². The summed E-state index contributed by atoms with van der Waals surface area (Å²) in [5.41, 5.74) is 8.71. The second-order valence-electron chi connectivity index (χ2n) is 4.32. The van der Waals surface area contributed by atoms with Crippen molar-refractivity contribution in [2.45, 2.75) is 18.5 Å². The van der Waals surface area contributed by atoms with Gasteiger partial charge in [0, 0.05) is 23.9 Å². The maximum absolute atomic E-state index is 12.1. The zero-order chi connectivity index (χ0) is 15.6. The largest absolute Gasteiger partial charge is 0.418 e. The Morgan fingerprint density at radius 1 is 1.57 bits per heavy atom. The summed E-state index contributed by atoms with van der Waals surface area (Å²) in [6.45, 7) is 0.0829. The smallest absolute Gasteiger partial charge is 0.399 e. The lowest BCUT2D eigenvalue weighted by Gasteiger charge is -2.29. The summed E-state index contributed by atoms with van der Waals surface area (Å²) in [6.07, 6.45) is 0.231. The number of carbonyl (C=O) groups is 1. The van der Waals surface area contributed by atoms with E-state index in [2.05, 4.69) is 24.3 Å². The van der Waals surface area contributed by atoms with Crippen LogP contribution in [0.3, 0.4) is 0 Å². The van der Waals surface area contributed by atoms with Crippen molar-refractivity contribution in [3.63, 3.8) is 0 Å². The molecule has 2 fully saturated rings. The molecular formula is C8H12N6O6S. The molecule has 0 aliphatic carbocycles. The number of nitrogens with zero attached hydrogens (tertiary/aromatic N) is 6. The van der Waals surface area contributed by atoms with Crippen molar-refractivity contribution in [1.29, 1.82) is 0 Å². The van der Waals surface area contributed by atoms with E-state index >= 15 is 0 Å². The van der Waals surface area contributed by atoms with Gasteiger partial charge in [0.1, 0.15) is 13.2 Å². The summed E-state index contributed by atoms with van der Waals surface area (Å²) in [5.74, 6) is 0. The number of amides is 2. The molecule has 21 heavy (non-hydrogen) atoms. The van der Waals surface area contributed by atoms with E-state index in [-0.39, 0.29) is 19.5 Å². The monoisotopic (exact) mass is 320 g/mol. The molecule has 2 saturated heterocycles. The molecule has 0 saturated carbocycles. The standard InChI is InChI=1S/C8H12N6O6S/c1-19-11-6-2-5(3-10-12-9)13-4-7(6)14(8(13)15)20-21(16,17)18/h5,7H,2-4H2,1H3,(H,16,17,18)/t5-,7-/m0/s1. The summed E-state index contributed by atoms with van der Waals surface area (Å²) < 4.78 is 34.7. The lowest BCUT2D eigenvalue weighted by molar-refractivity contribution is -0.0145. The molecule has 2 rings (SSSR count).